The molecule has 6 aromatic rings. The summed E-state index contributed by atoms with van der Waals surface area (Å²) >= 11 is 6.64. The molecule has 22 heteroatoms. The zero-order chi connectivity index (χ0) is 39.9. The molecule has 4 N–H and O–H groups in total. The third-order valence-corrected chi connectivity index (χ3v) is 11.0. The molecule has 10 nitrogen and oxygen atoms in total. The van der Waals surface area contributed by atoms with Crippen LogP contribution in [0.4, 0.5) is 35.1 Å². The van der Waals surface area contributed by atoms with Crippen molar-refractivity contribution in [3.63, 3.8) is 0 Å². The van der Waals surface area contributed by atoms with E-state index in [0.717, 1.165) is 69.8 Å². The Morgan fingerprint density at radius 3 is 1.31 bits per heavy atom. The molecule has 54 heavy (non-hydrogen) atoms. The first-order chi connectivity index (χ1) is 25.1. The zero-order valence-corrected chi connectivity index (χ0v) is 31.2. The van der Waals surface area contributed by atoms with Gasteiger partial charge in [0.15, 0.2) is 11.6 Å². The lowest BCUT2D eigenvalue weighted by atomic mass is 10.1. The maximum Gasteiger partial charge on any atom is 0.282 e. The minimum atomic E-state index is -4.32. The highest BCUT2D eigenvalue weighted by molar-refractivity contribution is 9.13. The number of hydrogen-bond acceptors (Lipinski definition) is 6. The van der Waals surface area contributed by atoms with Crippen molar-refractivity contribution in [1.29, 1.82) is 0 Å². The van der Waals surface area contributed by atoms with Crippen LogP contribution in [0.15, 0.2) is 104 Å². The molecule has 0 bridgehead atoms. The smallest absolute Gasteiger partial charge is 0.233 e. The molecule has 0 spiro atoms. The number of sulfonamides is 2. The van der Waals surface area contributed by atoms with E-state index in [0.29, 0.717) is 10.2 Å². The van der Waals surface area contributed by atoms with Crippen LogP contribution in [-0.4, -0.2) is 36.4 Å². The number of benzene rings is 4. The monoisotopic (exact) mass is 926 g/mol. The summed E-state index contributed by atoms with van der Waals surface area (Å²) in [5, 5.41) is 17.4. The standard InChI is InChI=1S/C16H10Br2F3N3O2S.C16H10F5N3O2S/c2*17-10-3-2-9(6-11(10)18)24-14(7-13(23-24)16(20)21)8-1-4-15(12(19)5-8)27(22,25)26/h2*1-7,16H,(H2,22,25,26). The van der Waals surface area contributed by atoms with Crippen molar-refractivity contribution in [3.05, 3.63) is 129 Å². The quantitative estimate of drug-likeness (QED) is 0.146. The third-order valence-electron chi connectivity index (χ3n) is 7.27. The Morgan fingerprint density at radius 2 is 0.944 bits per heavy atom. The largest absolute Gasteiger partial charge is 0.282 e. The molecule has 0 aliphatic heterocycles. The number of rotatable bonds is 8. The van der Waals surface area contributed by atoms with E-state index < -0.39 is 77.3 Å². The first-order valence-corrected chi connectivity index (χ1v) is 19.2. The molecule has 0 unspecified atom stereocenters. The average molecular weight is 928 g/mol. The van der Waals surface area contributed by atoms with Crippen molar-refractivity contribution in [1.82, 2.24) is 19.6 Å². The zero-order valence-electron chi connectivity index (χ0n) is 26.4. The Hall–Kier alpha value is -4.48. The van der Waals surface area contributed by atoms with Crippen molar-refractivity contribution in [2.75, 3.05) is 0 Å². The van der Waals surface area contributed by atoms with E-state index in [-0.39, 0.29) is 28.2 Å². The second-order valence-corrected chi connectivity index (χ2v) is 15.7. The van der Waals surface area contributed by atoms with Gasteiger partial charge >= 0.3 is 0 Å². The summed E-state index contributed by atoms with van der Waals surface area (Å²) in [6.45, 7) is 0. The maximum atomic E-state index is 14.2. The first-order valence-electron chi connectivity index (χ1n) is 14.5. The van der Waals surface area contributed by atoms with Gasteiger partial charge in [-0.15, -0.1) is 0 Å². The van der Waals surface area contributed by atoms with E-state index in [2.05, 4.69) is 42.1 Å². The Bertz CT molecular complexity index is 2440. The summed E-state index contributed by atoms with van der Waals surface area (Å²) in [4.78, 5) is -1.46. The number of nitrogens with two attached hydrogens (primary N) is 2. The van der Waals surface area contributed by atoms with Crippen LogP contribution < -0.4 is 10.3 Å². The van der Waals surface area contributed by atoms with Crippen LogP contribution in [-0.2, 0) is 20.0 Å². The maximum absolute atomic E-state index is 14.2. The lowest BCUT2D eigenvalue weighted by molar-refractivity contribution is 0.145. The fourth-order valence-electron chi connectivity index (χ4n) is 4.83. The Labute approximate surface area is 317 Å². The van der Waals surface area contributed by atoms with Crippen LogP contribution in [0.1, 0.15) is 24.2 Å². The molecule has 0 fully saturated rings. The summed E-state index contributed by atoms with van der Waals surface area (Å²) < 4.78 is 156. The average Bonchev–Trinajstić information content (AvgIpc) is 3.73. The van der Waals surface area contributed by atoms with Gasteiger partial charge in [0.25, 0.3) is 12.9 Å². The van der Waals surface area contributed by atoms with Gasteiger partial charge in [0, 0.05) is 26.1 Å². The minimum Gasteiger partial charge on any atom is -0.233 e. The fraction of sp³-hybridized carbons (Fsp3) is 0.0625. The molecule has 0 radical (unpaired) electrons. The van der Waals surface area contributed by atoms with E-state index in [1.807, 2.05) is 0 Å². The fourth-order valence-corrected chi connectivity index (χ4v) is 6.62. The molecule has 4 aromatic carbocycles. The predicted octanol–water partition coefficient (Wildman–Crippen LogP) is 8.33. The van der Waals surface area contributed by atoms with Gasteiger partial charge in [0.1, 0.15) is 32.8 Å². The van der Waals surface area contributed by atoms with Gasteiger partial charge in [0.2, 0.25) is 20.0 Å². The summed E-state index contributed by atoms with van der Waals surface area (Å²) in [7, 11) is -8.56. The Balaban J connectivity index is 0.000000208. The van der Waals surface area contributed by atoms with Crippen molar-refractivity contribution in [2.24, 2.45) is 10.3 Å². The topological polar surface area (TPSA) is 156 Å². The molecule has 0 atom stereocenters. The molecular weight excluding hydrogens is 908 g/mol. The number of alkyl halides is 4. The summed E-state index contributed by atoms with van der Waals surface area (Å²) in [5.74, 6) is -4.67. The van der Waals surface area contributed by atoms with Crippen LogP contribution in [0.3, 0.4) is 0 Å². The van der Waals surface area contributed by atoms with Gasteiger partial charge in [-0.05, 0) is 98.6 Å². The van der Waals surface area contributed by atoms with Gasteiger partial charge in [0.05, 0.1) is 22.8 Å². The normalized spacial score (nSPS) is 12.0. The second kappa shape index (κ2) is 15.7. The predicted molar refractivity (Wildman–Crippen MR) is 186 cm³/mol. The van der Waals surface area contributed by atoms with E-state index in [1.54, 1.807) is 18.2 Å². The van der Waals surface area contributed by atoms with Crippen molar-refractivity contribution >= 4 is 51.9 Å². The molecule has 0 saturated carbocycles. The van der Waals surface area contributed by atoms with Gasteiger partial charge in [-0.1, -0.05) is 12.1 Å². The molecule has 0 aliphatic rings. The van der Waals surface area contributed by atoms with Crippen molar-refractivity contribution < 1.29 is 52.0 Å². The van der Waals surface area contributed by atoms with Gasteiger partial charge in [-0.2, -0.15) is 10.2 Å². The van der Waals surface area contributed by atoms with Crippen LogP contribution >= 0.6 is 31.9 Å². The highest BCUT2D eigenvalue weighted by Crippen LogP contribution is 2.33. The second-order valence-electron chi connectivity index (χ2n) is 10.9. The molecule has 2 aromatic heterocycles. The SMILES string of the molecule is NS(=O)(=O)c1ccc(-c2cc(C(F)F)nn2-c2ccc(Br)c(Br)c2)cc1F.NS(=O)(=O)c1ccc(-c2cc(C(F)F)nn2-c2ccc(F)c(F)c2)cc1F. The van der Waals surface area contributed by atoms with Crippen molar-refractivity contribution in [2.45, 2.75) is 22.6 Å². The summed E-state index contributed by atoms with van der Waals surface area (Å²) in [5.41, 5.74) is -0.613. The van der Waals surface area contributed by atoms with Crippen LogP contribution in [0.2, 0.25) is 0 Å². The van der Waals surface area contributed by atoms with E-state index in [4.69, 9.17) is 10.3 Å². The highest BCUT2D eigenvalue weighted by atomic mass is 79.9. The van der Waals surface area contributed by atoms with E-state index >= 15 is 0 Å². The number of aromatic nitrogens is 4. The number of nitrogens with zero attached hydrogens (tertiary/aromatic N) is 4. The van der Waals surface area contributed by atoms with Crippen molar-refractivity contribution in [3.8, 4) is 33.9 Å². The summed E-state index contributed by atoms with van der Waals surface area (Å²) in [6.07, 6.45) is -5.82. The van der Waals surface area contributed by atoms with Crippen LogP contribution in [0.25, 0.3) is 33.9 Å². The van der Waals surface area contributed by atoms with Gasteiger partial charge in [-0.25, -0.2) is 71.6 Å². The van der Waals surface area contributed by atoms with Crippen LogP contribution in [0.5, 0.6) is 0 Å². The van der Waals surface area contributed by atoms with Gasteiger partial charge in [-0.3, -0.25) is 0 Å². The van der Waals surface area contributed by atoms with E-state index in [1.165, 1.54) is 10.7 Å². The molecule has 2 heterocycles. The first kappa shape index (κ1) is 40.7. The Kier molecular flexibility index (Phi) is 11.8. The molecule has 284 valence electrons. The lowest BCUT2D eigenvalue weighted by Crippen LogP contribution is -2.14. The molecular formula is C32H20Br2F8N6O4S2. The minimum absolute atomic E-state index is 0.0240. The Morgan fingerprint density at radius 1 is 0.519 bits per heavy atom. The number of primary sulfonamides is 2. The lowest BCUT2D eigenvalue weighted by Gasteiger charge is -2.10. The number of hydrogen-bond donors (Lipinski definition) is 2. The molecule has 0 aliphatic carbocycles. The molecule has 0 saturated heterocycles. The third kappa shape index (κ3) is 8.90. The van der Waals surface area contributed by atoms with Crippen LogP contribution in [0, 0.1) is 23.3 Å². The number of halogens is 10. The highest BCUT2D eigenvalue weighted by Gasteiger charge is 2.23. The van der Waals surface area contributed by atoms with Gasteiger partial charge < -0.3 is 0 Å². The molecule has 6 rings (SSSR count). The molecule has 0 amide bonds. The summed E-state index contributed by atoms with van der Waals surface area (Å²) in [6, 6.07) is 15.6. The van der Waals surface area contributed by atoms with E-state index in [9.17, 15) is 52.0 Å².